The topological polar surface area (TPSA) is 67.4 Å². The van der Waals surface area contributed by atoms with Gasteiger partial charge in [-0.25, -0.2) is 4.79 Å². The standard InChI is InChI=1S/C19H19F3N2O3/c20-19(21,22)15-8-10-16(11-9-15)24-17(25)7-4-12-23-18(26)27-13-14-5-2-1-3-6-14/h1-3,5-6,8-11H,4,7,12-13H2,(H,23,26)(H,24,25). The van der Waals surface area contributed by atoms with Crippen LogP contribution in [0.1, 0.15) is 24.0 Å². The molecule has 0 bridgehead atoms. The molecule has 0 aliphatic rings. The molecule has 144 valence electrons. The molecule has 2 aromatic carbocycles. The maximum Gasteiger partial charge on any atom is 0.416 e. The highest BCUT2D eigenvalue weighted by Crippen LogP contribution is 2.29. The van der Waals surface area contributed by atoms with Gasteiger partial charge in [0.15, 0.2) is 0 Å². The molecule has 2 rings (SSSR count). The summed E-state index contributed by atoms with van der Waals surface area (Å²) in [6.07, 6.45) is -4.52. The Hall–Kier alpha value is -3.03. The molecule has 8 heteroatoms. The first-order chi connectivity index (χ1) is 12.8. The summed E-state index contributed by atoms with van der Waals surface area (Å²) < 4.78 is 42.4. The van der Waals surface area contributed by atoms with E-state index in [0.29, 0.717) is 6.42 Å². The number of halogens is 3. The van der Waals surface area contributed by atoms with Crippen LogP contribution in [0.15, 0.2) is 54.6 Å². The largest absolute Gasteiger partial charge is 0.445 e. The fraction of sp³-hybridized carbons (Fsp3) is 0.263. The molecule has 2 N–H and O–H groups in total. The minimum atomic E-state index is -4.41. The van der Waals surface area contributed by atoms with Crippen molar-refractivity contribution in [2.75, 3.05) is 11.9 Å². The number of carbonyl (C=O) groups is 2. The molecule has 0 spiro atoms. The second-order valence-electron chi connectivity index (χ2n) is 5.72. The summed E-state index contributed by atoms with van der Waals surface area (Å²) in [6, 6.07) is 13.4. The predicted molar refractivity (Wildman–Crippen MR) is 93.9 cm³/mol. The van der Waals surface area contributed by atoms with Crippen LogP contribution < -0.4 is 10.6 Å². The van der Waals surface area contributed by atoms with E-state index < -0.39 is 17.8 Å². The molecule has 2 aromatic rings. The zero-order valence-electron chi connectivity index (χ0n) is 14.4. The van der Waals surface area contributed by atoms with Crippen LogP contribution in [0.5, 0.6) is 0 Å². The first-order valence-electron chi connectivity index (χ1n) is 8.26. The van der Waals surface area contributed by atoms with Crippen molar-refractivity contribution in [1.82, 2.24) is 5.32 Å². The Morgan fingerprint density at radius 3 is 2.26 bits per heavy atom. The number of hydrogen-bond acceptors (Lipinski definition) is 3. The Morgan fingerprint density at radius 1 is 0.963 bits per heavy atom. The number of nitrogens with one attached hydrogen (secondary N) is 2. The first-order valence-corrected chi connectivity index (χ1v) is 8.26. The molecule has 0 aliphatic carbocycles. The molecule has 0 heterocycles. The highest BCUT2D eigenvalue weighted by molar-refractivity contribution is 5.90. The van der Waals surface area contributed by atoms with Crippen LogP contribution in [-0.4, -0.2) is 18.5 Å². The number of amides is 2. The van der Waals surface area contributed by atoms with Crippen molar-refractivity contribution >= 4 is 17.7 Å². The number of rotatable bonds is 7. The molecule has 0 saturated carbocycles. The predicted octanol–water partition coefficient (Wildman–Crippen LogP) is 4.35. The van der Waals surface area contributed by atoms with Gasteiger partial charge in [-0.1, -0.05) is 30.3 Å². The van der Waals surface area contributed by atoms with Gasteiger partial charge in [-0.2, -0.15) is 13.2 Å². The van der Waals surface area contributed by atoms with Gasteiger partial charge in [-0.15, -0.1) is 0 Å². The molecular weight excluding hydrogens is 361 g/mol. The summed E-state index contributed by atoms with van der Waals surface area (Å²) in [5.74, 6) is -0.353. The summed E-state index contributed by atoms with van der Waals surface area (Å²) >= 11 is 0. The van der Waals surface area contributed by atoms with Crippen LogP contribution in [0.4, 0.5) is 23.7 Å². The molecule has 0 aliphatic heterocycles. The van der Waals surface area contributed by atoms with Crippen molar-refractivity contribution in [1.29, 1.82) is 0 Å². The number of anilines is 1. The quantitative estimate of drug-likeness (QED) is 0.702. The van der Waals surface area contributed by atoms with Gasteiger partial charge in [0.05, 0.1) is 5.56 Å². The van der Waals surface area contributed by atoms with Gasteiger partial charge in [-0.05, 0) is 36.2 Å². The van der Waals surface area contributed by atoms with Gasteiger partial charge in [0.25, 0.3) is 0 Å². The Balaban J connectivity index is 1.62. The number of alkyl halides is 3. The molecule has 0 aromatic heterocycles. The van der Waals surface area contributed by atoms with E-state index in [9.17, 15) is 22.8 Å². The number of alkyl carbamates (subject to hydrolysis) is 1. The minimum absolute atomic E-state index is 0.111. The van der Waals surface area contributed by atoms with E-state index in [1.807, 2.05) is 30.3 Å². The maximum absolute atomic E-state index is 12.5. The van der Waals surface area contributed by atoms with Gasteiger partial charge >= 0.3 is 12.3 Å². The van der Waals surface area contributed by atoms with Crippen LogP contribution in [0.2, 0.25) is 0 Å². The highest BCUT2D eigenvalue weighted by Gasteiger charge is 2.29. The third kappa shape index (κ3) is 7.39. The third-order valence-corrected chi connectivity index (χ3v) is 3.56. The van der Waals surface area contributed by atoms with Gasteiger partial charge < -0.3 is 15.4 Å². The number of benzene rings is 2. The average molecular weight is 380 g/mol. The maximum atomic E-state index is 12.5. The van der Waals surface area contributed by atoms with E-state index in [1.54, 1.807) is 0 Å². The van der Waals surface area contributed by atoms with E-state index >= 15 is 0 Å². The summed E-state index contributed by atoms with van der Waals surface area (Å²) in [6.45, 7) is 0.398. The van der Waals surface area contributed by atoms with Crippen LogP contribution in [0.25, 0.3) is 0 Å². The second-order valence-corrected chi connectivity index (χ2v) is 5.72. The summed E-state index contributed by atoms with van der Waals surface area (Å²) in [5, 5.41) is 5.04. The Bertz CT molecular complexity index is 747. The highest BCUT2D eigenvalue weighted by atomic mass is 19.4. The third-order valence-electron chi connectivity index (χ3n) is 3.56. The number of carbonyl (C=O) groups excluding carboxylic acids is 2. The van der Waals surface area contributed by atoms with Crippen molar-refractivity contribution in [3.05, 3.63) is 65.7 Å². The zero-order valence-corrected chi connectivity index (χ0v) is 14.4. The van der Waals surface area contributed by atoms with Crippen LogP contribution in [0, 0.1) is 0 Å². The molecule has 2 amide bonds. The van der Waals surface area contributed by atoms with E-state index in [2.05, 4.69) is 10.6 Å². The molecule has 0 saturated heterocycles. The van der Waals surface area contributed by atoms with E-state index in [-0.39, 0.29) is 31.2 Å². The van der Waals surface area contributed by atoms with Crippen LogP contribution >= 0.6 is 0 Å². The van der Waals surface area contributed by atoms with Gasteiger partial charge in [0.1, 0.15) is 6.61 Å². The molecule has 0 unspecified atom stereocenters. The second kappa shape index (κ2) is 9.61. The number of hydrogen-bond donors (Lipinski definition) is 2. The molecular formula is C19H19F3N2O3. The van der Waals surface area contributed by atoms with Crippen LogP contribution in [0.3, 0.4) is 0 Å². The van der Waals surface area contributed by atoms with Gasteiger partial charge in [0.2, 0.25) is 5.91 Å². The van der Waals surface area contributed by atoms with Crippen molar-refractivity contribution < 1.29 is 27.5 Å². The first kappa shape index (κ1) is 20.3. The summed E-state index contributed by atoms with van der Waals surface area (Å²) in [4.78, 5) is 23.3. The lowest BCUT2D eigenvalue weighted by Crippen LogP contribution is -2.26. The summed E-state index contributed by atoms with van der Waals surface area (Å²) in [5.41, 5.74) is 0.366. The van der Waals surface area contributed by atoms with E-state index in [4.69, 9.17) is 4.74 Å². The lowest BCUT2D eigenvalue weighted by atomic mass is 10.2. The van der Waals surface area contributed by atoms with Crippen molar-refractivity contribution in [3.8, 4) is 0 Å². The lowest BCUT2D eigenvalue weighted by Gasteiger charge is -2.09. The minimum Gasteiger partial charge on any atom is -0.445 e. The normalized spacial score (nSPS) is 10.9. The van der Waals surface area contributed by atoms with Crippen molar-refractivity contribution in [2.45, 2.75) is 25.6 Å². The monoisotopic (exact) mass is 380 g/mol. The Kier molecular flexibility index (Phi) is 7.22. The Morgan fingerprint density at radius 2 is 1.63 bits per heavy atom. The van der Waals surface area contributed by atoms with Gasteiger partial charge in [-0.3, -0.25) is 4.79 Å². The molecule has 0 radical (unpaired) electrons. The van der Waals surface area contributed by atoms with E-state index in [0.717, 1.165) is 17.7 Å². The Labute approximate surface area is 154 Å². The van der Waals surface area contributed by atoms with Gasteiger partial charge in [0, 0.05) is 18.7 Å². The van der Waals surface area contributed by atoms with E-state index in [1.165, 1.54) is 12.1 Å². The van der Waals surface area contributed by atoms with Crippen LogP contribution in [-0.2, 0) is 22.3 Å². The van der Waals surface area contributed by atoms with Crippen molar-refractivity contribution in [2.24, 2.45) is 0 Å². The lowest BCUT2D eigenvalue weighted by molar-refractivity contribution is -0.137. The average Bonchev–Trinajstić information content (AvgIpc) is 2.64. The van der Waals surface area contributed by atoms with Crippen molar-refractivity contribution in [3.63, 3.8) is 0 Å². The molecule has 0 fully saturated rings. The fourth-order valence-corrected chi connectivity index (χ4v) is 2.18. The SMILES string of the molecule is O=C(CCCNC(=O)OCc1ccccc1)Nc1ccc(C(F)(F)F)cc1. The fourth-order valence-electron chi connectivity index (χ4n) is 2.18. The number of ether oxygens (including phenoxy) is 1. The summed E-state index contributed by atoms with van der Waals surface area (Å²) in [7, 11) is 0. The smallest absolute Gasteiger partial charge is 0.416 e. The molecule has 5 nitrogen and oxygen atoms in total. The molecule has 27 heavy (non-hydrogen) atoms. The zero-order chi connectivity index (χ0) is 19.7. The molecule has 0 atom stereocenters.